The molecule has 3 heteroatoms. The number of hydrogen-bond donors (Lipinski definition) is 0. The molecule has 2 amide bonds. The van der Waals surface area contributed by atoms with Gasteiger partial charge in [-0.05, 0) is 195 Å². The zero-order valence-corrected chi connectivity index (χ0v) is 37.4. The predicted octanol–water partition coefficient (Wildman–Crippen LogP) is 15.1. The molecular formula is C54H73NO2. The molecule has 0 atom stereocenters. The van der Waals surface area contributed by atoms with Gasteiger partial charge < -0.3 is 0 Å². The van der Waals surface area contributed by atoms with E-state index in [1.54, 1.807) is 27.2 Å². The van der Waals surface area contributed by atoms with Crippen molar-refractivity contribution in [3.8, 4) is 0 Å². The number of nitrogens with zero attached hydrogens (tertiary/aromatic N) is 1. The normalized spacial score (nSPS) is 13.1. The summed E-state index contributed by atoms with van der Waals surface area (Å²) in [6.45, 7) is 21.2. The lowest BCUT2D eigenvalue weighted by Crippen LogP contribution is -2.31. The van der Waals surface area contributed by atoms with Gasteiger partial charge in [0.15, 0.2) is 0 Å². The Kier molecular flexibility index (Phi) is 14.6. The standard InChI is InChI=1S/C54H73NO2/c1-10-19-24-25-30-55-53(56)51-41(28-22-13-4)49-33-47-39(26-20-11-2)45-31-43-37(17-8)35(15-6)36(16-7)38(18-9)44(43)32-46(45)40(27-21-12-3)48(47)34-50(49)42(29-23-14-5)52(51)54(55)57/h31-34H,10-30H2,1-9H3. The Hall–Kier alpha value is -3.72. The first-order chi connectivity index (χ1) is 27.8. The Balaban J connectivity index is 1.81. The Morgan fingerprint density at radius 1 is 0.333 bits per heavy atom. The molecule has 0 unspecified atom stereocenters. The quantitative estimate of drug-likeness (QED) is 0.0424. The molecule has 0 saturated heterocycles. The Bertz CT molecular complexity index is 2120. The van der Waals surface area contributed by atoms with E-state index in [4.69, 9.17) is 0 Å². The number of fused-ring (bicyclic) bond motifs is 5. The van der Waals surface area contributed by atoms with Crippen LogP contribution >= 0.6 is 0 Å². The van der Waals surface area contributed by atoms with Crippen LogP contribution in [0.4, 0.5) is 0 Å². The average molecular weight is 768 g/mol. The minimum Gasteiger partial charge on any atom is -0.274 e. The van der Waals surface area contributed by atoms with Gasteiger partial charge in [0.1, 0.15) is 0 Å². The van der Waals surface area contributed by atoms with Crippen molar-refractivity contribution < 1.29 is 9.59 Å². The highest BCUT2D eigenvalue weighted by Gasteiger charge is 2.40. The first-order valence-electron chi connectivity index (χ1n) is 23.7. The highest BCUT2D eigenvalue weighted by molar-refractivity contribution is 6.26. The van der Waals surface area contributed by atoms with E-state index >= 15 is 0 Å². The summed E-state index contributed by atoms with van der Waals surface area (Å²) in [5.41, 5.74) is 12.9. The highest BCUT2D eigenvalue weighted by Crippen LogP contribution is 2.45. The van der Waals surface area contributed by atoms with Crippen LogP contribution in [0, 0.1) is 0 Å². The fraction of sp³-hybridized carbons (Fsp3) is 0.556. The number of unbranched alkanes of at least 4 members (excludes halogenated alkanes) is 7. The van der Waals surface area contributed by atoms with Gasteiger partial charge in [-0.1, -0.05) is 107 Å². The zero-order chi connectivity index (χ0) is 40.8. The molecule has 0 aromatic heterocycles. The average Bonchev–Trinajstić information content (AvgIpc) is 3.47. The smallest absolute Gasteiger partial charge is 0.261 e. The fourth-order valence-electron chi connectivity index (χ4n) is 10.6. The first-order valence-corrected chi connectivity index (χ1v) is 23.7. The van der Waals surface area contributed by atoms with E-state index in [0.29, 0.717) is 6.54 Å². The maximum Gasteiger partial charge on any atom is 0.261 e. The van der Waals surface area contributed by atoms with Crippen LogP contribution in [0.15, 0.2) is 24.3 Å². The van der Waals surface area contributed by atoms with Crippen LogP contribution in [-0.4, -0.2) is 23.3 Å². The van der Waals surface area contributed by atoms with Gasteiger partial charge in [-0.25, -0.2) is 0 Å². The van der Waals surface area contributed by atoms with Crippen molar-refractivity contribution in [2.75, 3.05) is 6.54 Å². The molecule has 57 heavy (non-hydrogen) atoms. The second kappa shape index (κ2) is 19.4. The number of hydrogen-bond acceptors (Lipinski definition) is 2. The van der Waals surface area contributed by atoms with Crippen molar-refractivity contribution >= 4 is 54.9 Å². The molecule has 0 N–H and O–H groups in total. The Labute approximate surface area is 345 Å². The number of amides is 2. The highest BCUT2D eigenvalue weighted by atomic mass is 16.2. The third kappa shape index (κ3) is 7.79. The maximum absolute atomic E-state index is 14.6. The monoisotopic (exact) mass is 768 g/mol. The number of carbonyl (C=O) groups is 2. The number of benzene rings is 5. The summed E-state index contributed by atoms with van der Waals surface area (Å²) in [5.74, 6) is -0.0941. The molecule has 0 radical (unpaired) electrons. The third-order valence-corrected chi connectivity index (χ3v) is 13.6. The van der Waals surface area contributed by atoms with Gasteiger partial charge in [0, 0.05) is 6.54 Å². The largest absolute Gasteiger partial charge is 0.274 e. The Morgan fingerprint density at radius 2 is 0.632 bits per heavy atom. The van der Waals surface area contributed by atoms with Crippen LogP contribution in [0.5, 0.6) is 0 Å². The van der Waals surface area contributed by atoms with E-state index in [2.05, 4.69) is 86.6 Å². The van der Waals surface area contributed by atoms with E-state index in [9.17, 15) is 9.59 Å². The molecular weight excluding hydrogens is 695 g/mol. The number of aryl methyl sites for hydroxylation is 6. The molecule has 6 rings (SSSR count). The van der Waals surface area contributed by atoms with Gasteiger partial charge in [-0.3, -0.25) is 14.5 Å². The number of imide groups is 1. The molecule has 5 aromatic rings. The zero-order valence-electron chi connectivity index (χ0n) is 37.4. The molecule has 0 saturated carbocycles. The van der Waals surface area contributed by atoms with Crippen LogP contribution in [0.3, 0.4) is 0 Å². The summed E-state index contributed by atoms with van der Waals surface area (Å²) in [7, 11) is 0. The molecule has 3 nitrogen and oxygen atoms in total. The van der Waals surface area contributed by atoms with Crippen LogP contribution in [0.25, 0.3) is 43.1 Å². The summed E-state index contributed by atoms with van der Waals surface area (Å²) >= 11 is 0. The molecule has 306 valence electrons. The van der Waals surface area contributed by atoms with E-state index < -0.39 is 0 Å². The molecule has 1 aliphatic rings. The predicted molar refractivity (Wildman–Crippen MR) is 248 cm³/mol. The summed E-state index contributed by atoms with van der Waals surface area (Å²) < 4.78 is 0. The molecule has 1 heterocycles. The van der Waals surface area contributed by atoms with E-state index in [1.807, 2.05) is 0 Å². The summed E-state index contributed by atoms with van der Waals surface area (Å²) in [4.78, 5) is 30.8. The van der Waals surface area contributed by atoms with Crippen molar-refractivity contribution in [2.45, 2.75) is 191 Å². The summed E-state index contributed by atoms with van der Waals surface area (Å²) in [5, 5.41) is 11.0. The number of rotatable bonds is 21. The molecule has 0 bridgehead atoms. The van der Waals surface area contributed by atoms with Gasteiger partial charge in [-0.2, -0.15) is 0 Å². The van der Waals surface area contributed by atoms with Gasteiger partial charge in [0.2, 0.25) is 0 Å². The van der Waals surface area contributed by atoms with Crippen LogP contribution in [0.2, 0.25) is 0 Å². The summed E-state index contributed by atoms with van der Waals surface area (Å²) in [6.07, 6.45) is 20.8. The minimum absolute atomic E-state index is 0.0471. The third-order valence-electron chi connectivity index (χ3n) is 13.6. The van der Waals surface area contributed by atoms with Crippen molar-refractivity contribution in [1.82, 2.24) is 4.90 Å². The SMILES string of the molecule is CCCCCCN1C(=O)c2c(c(CCCC)c3cc4c(CCCC)c5cc6c(CC)c(CC)c(CC)c(CC)c6cc5c(CCCC)c4cc3c2CCCC)C1=O. The molecule has 0 aliphatic carbocycles. The second-order valence-corrected chi connectivity index (χ2v) is 17.1. The van der Waals surface area contributed by atoms with Crippen LogP contribution in [0.1, 0.15) is 205 Å². The summed E-state index contributed by atoms with van der Waals surface area (Å²) in [6, 6.07) is 10.3. The van der Waals surface area contributed by atoms with Gasteiger partial charge in [0.25, 0.3) is 11.8 Å². The van der Waals surface area contributed by atoms with E-state index in [-0.39, 0.29) is 11.8 Å². The molecule has 0 spiro atoms. The molecule has 0 fully saturated rings. The lowest BCUT2D eigenvalue weighted by atomic mass is 9.79. The van der Waals surface area contributed by atoms with E-state index in [1.165, 1.54) is 54.2 Å². The van der Waals surface area contributed by atoms with Crippen molar-refractivity contribution in [3.63, 3.8) is 0 Å². The minimum atomic E-state index is -0.0471. The molecule has 5 aromatic carbocycles. The lowest BCUT2D eigenvalue weighted by molar-refractivity contribution is 0.0651. The van der Waals surface area contributed by atoms with Crippen molar-refractivity contribution in [3.05, 3.63) is 79.9 Å². The maximum atomic E-state index is 14.6. The topological polar surface area (TPSA) is 37.4 Å². The molecule has 1 aliphatic heterocycles. The van der Waals surface area contributed by atoms with Gasteiger partial charge >= 0.3 is 0 Å². The number of carbonyl (C=O) groups excluding carboxylic acids is 2. The van der Waals surface area contributed by atoms with Crippen LogP contribution < -0.4 is 0 Å². The second-order valence-electron chi connectivity index (χ2n) is 17.1. The van der Waals surface area contributed by atoms with Gasteiger partial charge in [0.05, 0.1) is 11.1 Å². The van der Waals surface area contributed by atoms with Gasteiger partial charge in [-0.15, -0.1) is 0 Å². The fourth-order valence-corrected chi connectivity index (χ4v) is 10.6. The van der Waals surface area contributed by atoms with Crippen molar-refractivity contribution in [2.24, 2.45) is 0 Å². The van der Waals surface area contributed by atoms with E-state index in [0.717, 1.165) is 151 Å². The first kappa shape index (κ1) is 42.9. The van der Waals surface area contributed by atoms with Crippen molar-refractivity contribution in [1.29, 1.82) is 0 Å². The van der Waals surface area contributed by atoms with Crippen LogP contribution in [-0.2, 0) is 51.4 Å². The lowest BCUT2D eigenvalue weighted by Gasteiger charge is -2.24. The Morgan fingerprint density at radius 3 is 0.947 bits per heavy atom.